The van der Waals surface area contributed by atoms with Crippen LogP contribution in [0.2, 0.25) is 0 Å². The van der Waals surface area contributed by atoms with E-state index < -0.39 is 0 Å². The van der Waals surface area contributed by atoms with Crippen molar-refractivity contribution in [3.05, 3.63) is 12.6 Å². The summed E-state index contributed by atoms with van der Waals surface area (Å²) in [6, 6.07) is 0. The summed E-state index contributed by atoms with van der Waals surface area (Å²) >= 11 is 0. The van der Waals surface area contributed by atoms with Crippen molar-refractivity contribution in [1.29, 1.82) is 0 Å². The number of hydrogen-bond acceptors (Lipinski definition) is 1. The summed E-state index contributed by atoms with van der Waals surface area (Å²) in [5, 5.41) is 9.25. The minimum Gasteiger partial charge on any atom is -0.624 e. The zero-order valence-electron chi connectivity index (χ0n) is 4.14. The monoisotopic (exact) mass is 163 g/mol. The van der Waals surface area contributed by atoms with Crippen LogP contribution in [0, 0.1) is 12.6 Å². The van der Waals surface area contributed by atoms with Gasteiger partial charge in [-0.25, -0.2) is 4.74 Å². The standard InChI is InChI=1S/C2H5NO.CH3.Y/c1-3(2)4;;/h1H2,2H3;1H3;/q;-1;. The third-order valence-corrected chi connectivity index (χ3v) is 0. The van der Waals surface area contributed by atoms with Crippen molar-refractivity contribution in [3.63, 3.8) is 0 Å². The Balaban J connectivity index is -0.0000000450. The third-order valence-electron chi connectivity index (χ3n) is 0. The summed E-state index contributed by atoms with van der Waals surface area (Å²) in [5.41, 5.74) is 0. The Bertz CT molecular complexity index is 33.8. The van der Waals surface area contributed by atoms with Crippen LogP contribution in [0.15, 0.2) is 0 Å². The van der Waals surface area contributed by atoms with Gasteiger partial charge < -0.3 is 12.6 Å². The van der Waals surface area contributed by atoms with E-state index in [0.29, 0.717) is 4.74 Å². The number of rotatable bonds is 0. The first-order valence-electron chi connectivity index (χ1n) is 0.946. The van der Waals surface area contributed by atoms with E-state index in [1.165, 1.54) is 7.05 Å². The van der Waals surface area contributed by atoms with Gasteiger partial charge in [0.1, 0.15) is 13.8 Å². The van der Waals surface area contributed by atoms with Gasteiger partial charge in [0.15, 0.2) is 0 Å². The van der Waals surface area contributed by atoms with E-state index in [0.717, 1.165) is 0 Å². The number of hydroxylamine groups is 1. The molecule has 0 aromatic heterocycles. The maximum atomic E-state index is 9.25. The van der Waals surface area contributed by atoms with E-state index in [-0.39, 0.29) is 40.1 Å². The van der Waals surface area contributed by atoms with Gasteiger partial charge in [0, 0.05) is 32.7 Å². The minimum atomic E-state index is 0. The van der Waals surface area contributed by atoms with E-state index >= 15 is 0 Å². The van der Waals surface area contributed by atoms with Crippen molar-refractivity contribution in [3.8, 4) is 0 Å². The smallest absolute Gasteiger partial charge is 0.142 e. The van der Waals surface area contributed by atoms with Gasteiger partial charge in [0.25, 0.3) is 0 Å². The molecule has 6 heavy (non-hydrogen) atoms. The summed E-state index contributed by atoms with van der Waals surface area (Å²) in [5.74, 6) is 0. The molecule has 0 N–H and O–H groups in total. The van der Waals surface area contributed by atoms with Crippen molar-refractivity contribution in [2.24, 2.45) is 0 Å². The molecule has 0 saturated heterocycles. The molecule has 0 unspecified atom stereocenters. The van der Waals surface area contributed by atoms with Gasteiger partial charge in [-0.1, -0.05) is 0 Å². The molecule has 0 aliphatic rings. The predicted molar refractivity (Wildman–Crippen MR) is 23.1 cm³/mol. The molecule has 0 rings (SSSR count). The Labute approximate surface area is 63.7 Å². The Kier molecular flexibility index (Phi) is 24.3. The normalized spacial score (nSPS) is 4.17. The Morgan fingerprint density at radius 1 is 1.67 bits per heavy atom. The van der Waals surface area contributed by atoms with Crippen LogP contribution < -0.4 is 0 Å². The fourth-order valence-corrected chi connectivity index (χ4v) is 0. The molecule has 0 aliphatic carbocycles. The van der Waals surface area contributed by atoms with E-state index in [2.05, 4.69) is 6.72 Å². The maximum Gasteiger partial charge on any atom is 0.142 e. The molecule has 0 saturated carbocycles. The maximum absolute atomic E-state index is 9.25. The van der Waals surface area contributed by atoms with Crippen LogP contribution in [-0.4, -0.2) is 18.5 Å². The van der Waals surface area contributed by atoms with Crippen molar-refractivity contribution in [2.75, 3.05) is 7.05 Å². The van der Waals surface area contributed by atoms with Gasteiger partial charge >= 0.3 is 0 Å². The van der Waals surface area contributed by atoms with E-state index in [1.54, 1.807) is 0 Å². The molecule has 0 atom stereocenters. The van der Waals surface area contributed by atoms with Gasteiger partial charge in [-0.2, -0.15) is 0 Å². The zero-order valence-corrected chi connectivity index (χ0v) is 6.98. The molecule has 1 radical (unpaired) electrons. The van der Waals surface area contributed by atoms with Crippen LogP contribution in [0.1, 0.15) is 0 Å². The molecule has 0 bridgehead atoms. The molecule has 3 heteroatoms. The molecular formula is C3H8NOY-. The van der Waals surface area contributed by atoms with Crippen LogP contribution in [0.3, 0.4) is 0 Å². The van der Waals surface area contributed by atoms with Crippen molar-refractivity contribution in [1.82, 2.24) is 0 Å². The second kappa shape index (κ2) is 9.13. The van der Waals surface area contributed by atoms with Crippen LogP contribution in [0.5, 0.6) is 0 Å². The van der Waals surface area contributed by atoms with Gasteiger partial charge in [0.05, 0.1) is 0 Å². The molecule has 0 fully saturated rings. The molecular weight excluding hydrogens is 155 g/mol. The van der Waals surface area contributed by atoms with Gasteiger partial charge in [-0.3, -0.25) is 0 Å². The molecule has 35 valence electrons. The summed E-state index contributed by atoms with van der Waals surface area (Å²) in [6.07, 6.45) is 0. The fraction of sp³-hybridized carbons (Fsp3) is 0.333. The number of nitrogens with zero attached hydrogens (tertiary/aromatic N) is 1. The van der Waals surface area contributed by atoms with Crippen LogP contribution in [0.25, 0.3) is 0 Å². The SMILES string of the molecule is C=[N+](C)[O-].[CH3-].[Y]. The Hall–Kier alpha value is 0.574. The van der Waals surface area contributed by atoms with Crippen molar-refractivity contribution in [2.45, 2.75) is 0 Å². The van der Waals surface area contributed by atoms with E-state index in [4.69, 9.17) is 0 Å². The molecule has 0 aromatic rings. The zero-order chi connectivity index (χ0) is 3.58. The second-order valence-corrected chi connectivity index (χ2v) is 0.628. The first kappa shape index (κ1) is 16.0. The second-order valence-electron chi connectivity index (χ2n) is 0.628. The van der Waals surface area contributed by atoms with Gasteiger partial charge in [0.2, 0.25) is 0 Å². The summed E-state index contributed by atoms with van der Waals surface area (Å²) in [6.45, 7) is 2.92. The Morgan fingerprint density at radius 2 is 1.67 bits per heavy atom. The fourth-order valence-electron chi connectivity index (χ4n) is 0. The topological polar surface area (TPSA) is 26.1 Å². The largest absolute Gasteiger partial charge is 0.624 e. The predicted octanol–water partition coefficient (Wildman–Crippen LogP) is 0.275. The summed E-state index contributed by atoms with van der Waals surface area (Å²) in [4.78, 5) is 0. The first-order valence-corrected chi connectivity index (χ1v) is 0.946. The first-order chi connectivity index (χ1) is 1.73. The number of hydrogen-bond donors (Lipinski definition) is 0. The van der Waals surface area contributed by atoms with Crippen molar-refractivity contribution >= 4 is 6.72 Å². The molecule has 0 heterocycles. The third kappa shape index (κ3) is 177. The van der Waals surface area contributed by atoms with Crippen LogP contribution >= 0.6 is 0 Å². The molecule has 2 nitrogen and oxygen atoms in total. The molecule has 0 spiro atoms. The molecule has 0 aliphatic heterocycles. The van der Waals surface area contributed by atoms with Crippen LogP contribution in [0.4, 0.5) is 0 Å². The summed E-state index contributed by atoms with van der Waals surface area (Å²) < 4.78 is 0.500. The minimum absolute atomic E-state index is 0. The molecule has 0 amide bonds. The van der Waals surface area contributed by atoms with Gasteiger partial charge in [-0.05, 0) is 0 Å². The summed E-state index contributed by atoms with van der Waals surface area (Å²) in [7, 11) is 1.33. The van der Waals surface area contributed by atoms with E-state index in [9.17, 15) is 5.21 Å². The average molecular weight is 163 g/mol. The van der Waals surface area contributed by atoms with E-state index in [1.807, 2.05) is 0 Å². The quantitative estimate of drug-likeness (QED) is 0.165. The Morgan fingerprint density at radius 3 is 1.67 bits per heavy atom. The molecule has 0 aromatic carbocycles. The van der Waals surface area contributed by atoms with Crippen LogP contribution in [-0.2, 0) is 32.7 Å². The van der Waals surface area contributed by atoms with Crippen molar-refractivity contribution < 1.29 is 37.4 Å². The average Bonchev–Trinajstić information content (AvgIpc) is 0.811. The van der Waals surface area contributed by atoms with Gasteiger partial charge in [-0.15, -0.1) is 0 Å².